The zero-order valence-corrected chi connectivity index (χ0v) is 11.6. The summed E-state index contributed by atoms with van der Waals surface area (Å²) in [6.07, 6.45) is 0. The number of hydrogen-bond acceptors (Lipinski definition) is 3. The Morgan fingerprint density at radius 1 is 1.35 bits per heavy atom. The van der Waals surface area contributed by atoms with E-state index in [2.05, 4.69) is 10.3 Å². The van der Waals surface area contributed by atoms with Crippen molar-refractivity contribution in [3.05, 3.63) is 33.9 Å². The van der Waals surface area contributed by atoms with E-state index < -0.39 is 24.5 Å². The number of hydrogen-bond donors (Lipinski definition) is 4. The van der Waals surface area contributed by atoms with Crippen LogP contribution in [0.5, 0.6) is 0 Å². The van der Waals surface area contributed by atoms with Gasteiger partial charge in [0.1, 0.15) is 11.7 Å². The van der Waals surface area contributed by atoms with Crippen LogP contribution in [-0.2, 0) is 4.79 Å². The van der Waals surface area contributed by atoms with Crippen molar-refractivity contribution in [2.45, 2.75) is 6.04 Å². The second-order valence-corrected chi connectivity index (χ2v) is 4.99. The predicted octanol–water partition coefficient (Wildman–Crippen LogP) is 1.05. The molecule has 0 fully saturated rings. The number of aliphatic hydroxyl groups is 1. The molecule has 20 heavy (non-hydrogen) atoms. The molecule has 0 aliphatic carbocycles. The summed E-state index contributed by atoms with van der Waals surface area (Å²) in [5, 5.41) is 12.7. The van der Waals surface area contributed by atoms with Crippen LogP contribution in [0.2, 0.25) is 10.0 Å². The lowest BCUT2D eigenvalue weighted by Gasteiger charge is -2.11. The van der Waals surface area contributed by atoms with Crippen molar-refractivity contribution in [1.29, 1.82) is 0 Å². The summed E-state index contributed by atoms with van der Waals surface area (Å²) < 4.78 is 0. The number of rotatable bonds is 4. The van der Waals surface area contributed by atoms with Crippen molar-refractivity contribution < 1.29 is 14.7 Å². The van der Waals surface area contributed by atoms with Gasteiger partial charge in [0.05, 0.1) is 17.1 Å². The van der Waals surface area contributed by atoms with Crippen molar-refractivity contribution in [1.82, 2.24) is 10.3 Å². The van der Waals surface area contributed by atoms with Gasteiger partial charge in [0, 0.05) is 10.4 Å². The molecular formula is C12H11Cl2N3O3. The number of aliphatic hydroxyl groups excluding tert-OH is 1. The minimum atomic E-state index is -1.15. The second-order valence-electron chi connectivity index (χ2n) is 4.15. The molecular weight excluding hydrogens is 305 g/mol. The van der Waals surface area contributed by atoms with Gasteiger partial charge in [-0.2, -0.15) is 0 Å². The molecule has 0 spiro atoms. The molecule has 1 heterocycles. The second kappa shape index (κ2) is 5.70. The fourth-order valence-corrected chi connectivity index (χ4v) is 2.29. The Bertz CT molecular complexity index is 684. The Labute approximate surface area is 123 Å². The number of carbonyl (C=O) groups excluding carboxylic acids is 2. The SMILES string of the molecule is NC(=O)[C@H](CO)NC(=O)c1cc2cc(Cl)cc(Cl)c2[nH]1. The van der Waals surface area contributed by atoms with Crippen LogP contribution in [0.25, 0.3) is 10.9 Å². The number of benzene rings is 1. The molecule has 2 aromatic rings. The van der Waals surface area contributed by atoms with Crippen molar-refractivity contribution >= 4 is 45.9 Å². The molecule has 0 radical (unpaired) electrons. The van der Waals surface area contributed by atoms with E-state index in [1.165, 1.54) is 6.07 Å². The van der Waals surface area contributed by atoms with E-state index in [1.807, 2.05) is 0 Å². The minimum Gasteiger partial charge on any atom is -0.394 e. The summed E-state index contributed by atoms with van der Waals surface area (Å²) in [6, 6.07) is 3.59. The van der Waals surface area contributed by atoms with Crippen LogP contribution in [-0.4, -0.2) is 34.6 Å². The standard InChI is InChI=1S/C12H11Cl2N3O3/c13-6-1-5-2-8(16-10(5)7(14)3-6)12(20)17-9(4-18)11(15)19/h1-3,9,16,18H,4H2,(H2,15,19)(H,17,20)/t9-/m0/s1. The fourth-order valence-electron chi connectivity index (χ4n) is 1.73. The van der Waals surface area contributed by atoms with Crippen molar-refractivity contribution in [3.63, 3.8) is 0 Å². The maximum absolute atomic E-state index is 11.9. The highest BCUT2D eigenvalue weighted by atomic mass is 35.5. The van der Waals surface area contributed by atoms with Gasteiger partial charge < -0.3 is 21.1 Å². The zero-order valence-electron chi connectivity index (χ0n) is 10.1. The van der Waals surface area contributed by atoms with E-state index in [4.69, 9.17) is 34.0 Å². The number of halogens is 2. The molecule has 1 atom stereocenters. The average molecular weight is 316 g/mol. The molecule has 5 N–H and O–H groups in total. The molecule has 0 aliphatic heterocycles. The van der Waals surface area contributed by atoms with Gasteiger partial charge in [-0.3, -0.25) is 9.59 Å². The predicted molar refractivity (Wildman–Crippen MR) is 75.9 cm³/mol. The van der Waals surface area contributed by atoms with Crippen LogP contribution < -0.4 is 11.1 Å². The van der Waals surface area contributed by atoms with Crippen LogP contribution in [0.3, 0.4) is 0 Å². The van der Waals surface area contributed by atoms with E-state index in [0.29, 0.717) is 20.9 Å². The molecule has 2 amide bonds. The monoisotopic (exact) mass is 315 g/mol. The van der Waals surface area contributed by atoms with E-state index in [9.17, 15) is 9.59 Å². The van der Waals surface area contributed by atoms with Gasteiger partial charge in [-0.25, -0.2) is 0 Å². The first-order chi connectivity index (χ1) is 9.42. The topological polar surface area (TPSA) is 108 Å². The molecule has 1 aromatic carbocycles. The molecule has 2 rings (SSSR count). The van der Waals surface area contributed by atoms with Crippen molar-refractivity contribution in [2.24, 2.45) is 5.73 Å². The van der Waals surface area contributed by atoms with E-state index in [1.54, 1.807) is 12.1 Å². The molecule has 0 unspecified atom stereocenters. The van der Waals surface area contributed by atoms with Crippen molar-refractivity contribution in [3.8, 4) is 0 Å². The third kappa shape index (κ3) is 2.87. The van der Waals surface area contributed by atoms with Gasteiger partial charge in [-0.05, 0) is 18.2 Å². The van der Waals surface area contributed by atoms with Crippen LogP contribution in [0, 0.1) is 0 Å². The maximum atomic E-state index is 11.9. The van der Waals surface area contributed by atoms with Gasteiger partial charge in [-0.1, -0.05) is 23.2 Å². The lowest BCUT2D eigenvalue weighted by molar-refractivity contribution is -0.120. The lowest BCUT2D eigenvalue weighted by atomic mass is 10.2. The van der Waals surface area contributed by atoms with Crippen molar-refractivity contribution in [2.75, 3.05) is 6.61 Å². The highest BCUT2D eigenvalue weighted by Gasteiger charge is 2.19. The van der Waals surface area contributed by atoms with Crippen LogP contribution >= 0.6 is 23.2 Å². The van der Waals surface area contributed by atoms with Gasteiger partial charge in [0.25, 0.3) is 5.91 Å². The number of primary amides is 1. The van der Waals surface area contributed by atoms with Crippen LogP contribution in [0.1, 0.15) is 10.5 Å². The number of nitrogens with two attached hydrogens (primary N) is 1. The van der Waals surface area contributed by atoms with Gasteiger partial charge in [0.15, 0.2) is 0 Å². The van der Waals surface area contributed by atoms with E-state index in [0.717, 1.165) is 0 Å². The number of H-pyrrole nitrogens is 1. The number of nitrogens with one attached hydrogen (secondary N) is 2. The van der Waals surface area contributed by atoms with Crippen LogP contribution in [0.15, 0.2) is 18.2 Å². The summed E-state index contributed by atoms with van der Waals surface area (Å²) >= 11 is 11.9. The first-order valence-corrected chi connectivity index (χ1v) is 6.36. The Balaban J connectivity index is 2.31. The third-order valence-electron chi connectivity index (χ3n) is 2.72. The smallest absolute Gasteiger partial charge is 0.268 e. The molecule has 0 aliphatic rings. The molecule has 1 aromatic heterocycles. The molecule has 8 heteroatoms. The van der Waals surface area contributed by atoms with Gasteiger partial charge >= 0.3 is 0 Å². The molecule has 0 saturated carbocycles. The minimum absolute atomic E-state index is 0.184. The Morgan fingerprint density at radius 2 is 2.05 bits per heavy atom. The zero-order chi connectivity index (χ0) is 14.9. The third-order valence-corrected chi connectivity index (χ3v) is 3.24. The highest BCUT2D eigenvalue weighted by molar-refractivity contribution is 6.38. The Kier molecular flexibility index (Phi) is 4.17. The fraction of sp³-hybridized carbons (Fsp3) is 0.167. The summed E-state index contributed by atoms with van der Waals surface area (Å²) in [4.78, 5) is 25.7. The molecule has 106 valence electrons. The number of amides is 2. The maximum Gasteiger partial charge on any atom is 0.268 e. The summed E-state index contributed by atoms with van der Waals surface area (Å²) in [7, 11) is 0. The number of fused-ring (bicyclic) bond motifs is 1. The number of aromatic amines is 1. The van der Waals surface area contributed by atoms with Gasteiger partial charge in [-0.15, -0.1) is 0 Å². The Hall–Kier alpha value is -1.76. The highest BCUT2D eigenvalue weighted by Crippen LogP contribution is 2.28. The number of aromatic nitrogens is 1. The summed E-state index contributed by atoms with van der Waals surface area (Å²) in [5.74, 6) is -1.40. The first kappa shape index (κ1) is 14.6. The lowest BCUT2D eigenvalue weighted by Crippen LogP contribution is -2.46. The summed E-state index contributed by atoms with van der Waals surface area (Å²) in [6.45, 7) is -0.576. The van der Waals surface area contributed by atoms with Crippen LogP contribution in [0.4, 0.5) is 0 Å². The molecule has 6 nitrogen and oxygen atoms in total. The van der Waals surface area contributed by atoms with Gasteiger partial charge in [0.2, 0.25) is 5.91 Å². The number of carbonyl (C=O) groups is 2. The molecule has 0 bridgehead atoms. The summed E-state index contributed by atoms with van der Waals surface area (Å²) in [5.41, 5.74) is 5.77. The normalized spacial score (nSPS) is 12.3. The average Bonchev–Trinajstić information content (AvgIpc) is 2.79. The van der Waals surface area contributed by atoms with E-state index >= 15 is 0 Å². The molecule has 0 saturated heterocycles. The Morgan fingerprint density at radius 3 is 2.65 bits per heavy atom. The largest absolute Gasteiger partial charge is 0.394 e. The first-order valence-electron chi connectivity index (χ1n) is 5.61. The van der Waals surface area contributed by atoms with E-state index in [-0.39, 0.29) is 5.69 Å². The quantitative estimate of drug-likeness (QED) is 0.677.